The van der Waals surface area contributed by atoms with Crippen molar-refractivity contribution in [1.29, 1.82) is 0 Å². The van der Waals surface area contributed by atoms with Gasteiger partial charge in [0.2, 0.25) is 0 Å². The van der Waals surface area contributed by atoms with Gasteiger partial charge in [-0.1, -0.05) is 22.0 Å². The average Bonchev–Trinajstić information content (AvgIpc) is 2.76. The normalized spacial score (nSPS) is 26.3. The van der Waals surface area contributed by atoms with Crippen LogP contribution in [0.4, 0.5) is 0 Å². The van der Waals surface area contributed by atoms with Gasteiger partial charge in [0, 0.05) is 6.92 Å². The number of hydrogen-bond donors (Lipinski definition) is 0. The van der Waals surface area contributed by atoms with Gasteiger partial charge >= 0.3 is 5.97 Å². The maximum atomic E-state index is 10.6. The zero-order chi connectivity index (χ0) is 9.68. The Labute approximate surface area is 87.5 Å². The molecule has 0 aromatic rings. The fourth-order valence-corrected chi connectivity index (χ4v) is 1.71. The maximum Gasteiger partial charge on any atom is 0.302 e. The van der Waals surface area contributed by atoms with Gasteiger partial charge in [-0.15, -0.1) is 0 Å². The second-order valence-corrected chi connectivity index (χ2v) is 3.96. The molecule has 0 amide bonds. The van der Waals surface area contributed by atoms with E-state index in [-0.39, 0.29) is 12.1 Å². The number of halogens is 1. The minimum Gasteiger partial charge on any atom is -0.462 e. The number of rotatable bonds is 5. The lowest BCUT2D eigenvalue weighted by atomic mass is 10.2. The highest BCUT2D eigenvalue weighted by Crippen LogP contribution is 2.38. The van der Waals surface area contributed by atoms with Gasteiger partial charge in [-0.05, 0) is 36.6 Å². The highest BCUT2D eigenvalue weighted by molar-refractivity contribution is 9.11. The lowest BCUT2D eigenvalue weighted by molar-refractivity contribution is -0.142. The Morgan fingerprint density at radius 3 is 3.08 bits per heavy atom. The van der Waals surface area contributed by atoms with Crippen LogP contribution in [0.25, 0.3) is 0 Å². The number of allylic oxidation sites excluding steroid dienone is 1. The van der Waals surface area contributed by atoms with Gasteiger partial charge in [-0.25, -0.2) is 0 Å². The van der Waals surface area contributed by atoms with Gasteiger partial charge in [0.15, 0.2) is 0 Å². The lowest BCUT2D eigenvalue weighted by Crippen LogP contribution is -2.02. The number of carbonyl (C=O) groups excluding carboxylic acids is 1. The molecule has 0 N–H and O–H groups in total. The first-order valence-electron chi connectivity index (χ1n) is 4.66. The van der Waals surface area contributed by atoms with Gasteiger partial charge in [-0.3, -0.25) is 4.79 Å². The summed E-state index contributed by atoms with van der Waals surface area (Å²) in [6.07, 6.45) is 6.86. The molecule has 0 aliphatic heterocycles. The molecule has 74 valence electrons. The van der Waals surface area contributed by atoms with Crippen LogP contribution in [0.2, 0.25) is 0 Å². The van der Waals surface area contributed by atoms with Crippen molar-refractivity contribution in [2.24, 2.45) is 5.92 Å². The van der Waals surface area contributed by atoms with Crippen LogP contribution in [0.15, 0.2) is 11.1 Å². The molecule has 1 fully saturated rings. The molecular formula is C10H15BrO2. The molecule has 2 atom stereocenters. The van der Waals surface area contributed by atoms with E-state index in [1.165, 1.54) is 19.8 Å². The third-order valence-corrected chi connectivity index (χ3v) is 2.58. The van der Waals surface area contributed by atoms with E-state index >= 15 is 0 Å². The standard InChI is InChI=1S/C10H15BrO2/c1-8(12)13-10-7-9(10)5-3-2-4-6-11/h4,6,9-10H,2-3,5,7H2,1H3/b6-4+/t9-,10-/m1/s1. The maximum absolute atomic E-state index is 10.6. The number of ether oxygens (including phenoxy) is 1. The van der Waals surface area contributed by atoms with Crippen molar-refractivity contribution >= 4 is 21.9 Å². The highest BCUT2D eigenvalue weighted by Gasteiger charge is 2.39. The number of esters is 1. The summed E-state index contributed by atoms with van der Waals surface area (Å²) in [7, 11) is 0. The number of carbonyl (C=O) groups is 1. The first-order chi connectivity index (χ1) is 6.24. The molecule has 0 bridgehead atoms. The van der Waals surface area contributed by atoms with Crippen molar-refractivity contribution in [3.63, 3.8) is 0 Å². The Bertz CT molecular complexity index is 201. The summed E-state index contributed by atoms with van der Waals surface area (Å²) in [6.45, 7) is 1.48. The lowest BCUT2D eigenvalue weighted by Gasteiger charge is -1.99. The second kappa shape index (κ2) is 5.43. The summed E-state index contributed by atoms with van der Waals surface area (Å²) < 4.78 is 5.06. The van der Waals surface area contributed by atoms with Crippen LogP contribution in [0.1, 0.15) is 32.6 Å². The molecule has 1 aliphatic rings. The summed E-state index contributed by atoms with van der Waals surface area (Å²) in [5.74, 6) is 0.487. The van der Waals surface area contributed by atoms with Crippen LogP contribution in [-0.2, 0) is 9.53 Å². The van der Waals surface area contributed by atoms with Crippen molar-refractivity contribution in [2.45, 2.75) is 38.7 Å². The van der Waals surface area contributed by atoms with Gasteiger partial charge < -0.3 is 4.74 Å². The van der Waals surface area contributed by atoms with Gasteiger partial charge in [0.05, 0.1) is 0 Å². The molecule has 13 heavy (non-hydrogen) atoms. The minimum atomic E-state index is -0.146. The van der Waals surface area contributed by atoms with E-state index in [9.17, 15) is 4.79 Å². The fourth-order valence-electron chi connectivity index (χ4n) is 1.44. The monoisotopic (exact) mass is 246 g/mol. The number of unbranched alkanes of at least 4 members (excludes halogenated alkanes) is 1. The third-order valence-electron chi connectivity index (χ3n) is 2.21. The molecule has 0 aromatic carbocycles. The van der Waals surface area contributed by atoms with E-state index < -0.39 is 0 Å². The Kier molecular flexibility index (Phi) is 4.50. The van der Waals surface area contributed by atoms with Crippen LogP contribution in [0, 0.1) is 5.92 Å². The van der Waals surface area contributed by atoms with E-state index in [0.717, 1.165) is 12.8 Å². The van der Waals surface area contributed by atoms with Crippen LogP contribution in [0.3, 0.4) is 0 Å². The summed E-state index contributed by atoms with van der Waals surface area (Å²) in [5.41, 5.74) is 0. The van der Waals surface area contributed by atoms with Gasteiger partial charge in [0.1, 0.15) is 6.10 Å². The quantitative estimate of drug-likeness (QED) is 0.551. The molecule has 1 rings (SSSR count). The Morgan fingerprint density at radius 1 is 1.69 bits per heavy atom. The summed E-state index contributed by atoms with van der Waals surface area (Å²) >= 11 is 3.23. The summed E-state index contributed by atoms with van der Waals surface area (Å²) in [5, 5.41) is 0. The Balaban J connectivity index is 1.98. The van der Waals surface area contributed by atoms with E-state index in [0.29, 0.717) is 5.92 Å². The topological polar surface area (TPSA) is 26.3 Å². The largest absolute Gasteiger partial charge is 0.462 e. The highest BCUT2D eigenvalue weighted by atomic mass is 79.9. The molecule has 0 unspecified atom stereocenters. The van der Waals surface area contributed by atoms with Crippen molar-refractivity contribution in [2.75, 3.05) is 0 Å². The molecule has 0 radical (unpaired) electrons. The predicted octanol–water partition coefficient (Wildman–Crippen LogP) is 3.02. The van der Waals surface area contributed by atoms with Crippen molar-refractivity contribution in [1.82, 2.24) is 0 Å². The molecule has 2 nitrogen and oxygen atoms in total. The van der Waals surface area contributed by atoms with Crippen LogP contribution < -0.4 is 0 Å². The van der Waals surface area contributed by atoms with E-state index in [4.69, 9.17) is 4.74 Å². The summed E-state index contributed by atoms with van der Waals surface area (Å²) in [4.78, 5) is 12.5. The van der Waals surface area contributed by atoms with E-state index in [2.05, 4.69) is 22.0 Å². The van der Waals surface area contributed by atoms with Gasteiger partial charge in [0.25, 0.3) is 0 Å². The molecular weight excluding hydrogens is 232 g/mol. The van der Waals surface area contributed by atoms with Crippen LogP contribution >= 0.6 is 15.9 Å². The Morgan fingerprint density at radius 2 is 2.46 bits per heavy atom. The molecule has 0 saturated heterocycles. The van der Waals surface area contributed by atoms with Crippen molar-refractivity contribution < 1.29 is 9.53 Å². The molecule has 3 heteroatoms. The third kappa shape index (κ3) is 4.46. The number of hydrogen-bond acceptors (Lipinski definition) is 2. The minimum absolute atomic E-state index is 0.146. The van der Waals surface area contributed by atoms with Gasteiger partial charge in [-0.2, -0.15) is 0 Å². The van der Waals surface area contributed by atoms with Crippen LogP contribution in [0.5, 0.6) is 0 Å². The predicted molar refractivity (Wildman–Crippen MR) is 55.6 cm³/mol. The zero-order valence-electron chi connectivity index (χ0n) is 7.83. The van der Waals surface area contributed by atoms with Crippen molar-refractivity contribution in [3.05, 3.63) is 11.1 Å². The molecule has 0 heterocycles. The Hall–Kier alpha value is -0.310. The first-order valence-corrected chi connectivity index (χ1v) is 5.58. The smallest absolute Gasteiger partial charge is 0.302 e. The molecule has 1 saturated carbocycles. The second-order valence-electron chi connectivity index (χ2n) is 3.44. The fraction of sp³-hybridized carbons (Fsp3) is 0.700. The molecule has 1 aliphatic carbocycles. The van der Waals surface area contributed by atoms with E-state index in [1.807, 2.05) is 4.99 Å². The van der Waals surface area contributed by atoms with E-state index in [1.54, 1.807) is 0 Å². The molecule has 0 aromatic heterocycles. The average molecular weight is 247 g/mol. The van der Waals surface area contributed by atoms with Crippen molar-refractivity contribution in [3.8, 4) is 0 Å². The summed E-state index contributed by atoms with van der Waals surface area (Å²) in [6, 6.07) is 0. The molecule has 0 spiro atoms. The SMILES string of the molecule is CC(=O)O[C@@H]1C[C@H]1CCC/C=C/Br. The first kappa shape index (κ1) is 10.8. The zero-order valence-corrected chi connectivity index (χ0v) is 9.42. The van der Waals surface area contributed by atoms with Crippen LogP contribution in [-0.4, -0.2) is 12.1 Å².